The minimum absolute atomic E-state index is 0.195. The Labute approximate surface area is 86.6 Å². The van der Waals surface area contributed by atoms with Crippen LogP contribution in [0.1, 0.15) is 22.8 Å². The maximum absolute atomic E-state index is 10.8. The summed E-state index contributed by atoms with van der Waals surface area (Å²) in [6.07, 6.45) is 1.45. The van der Waals surface area contributed by atoms with E-state index in [9.17, 15) is 4.79 Å². The Morgan fingerprint density at radius 1 is 1.57 bits per heavy atom. The van der Waals surface area contributed by atoms with Crippen molar-refractivity contribution in [3.8, 4) is 11.5 Å². The van der Waals surface area contributed by atoms with Crippen molar-refractivity contribution in [2.45, 2.75) is 13.3 Å². The van der Waals surface area contributed by atoms with Crippen molar-refractivity contribution in [3.63, 3.8) is 0 Å². The normalized spacial score (nSPS) is 13.0. The lowest BCUT2D eigenvalue weighted by Crippen LogP contribution is -1.96. The smallest absolute Gasteiger partial charge is 0.231 e. The topological polar surface area (TPSA) is 35.5 Å². The van der Waals surface area contributed by atoms with Gasteiger partial charge < -0.3 is 9.47 Å². The van der Waals surface area contributed by atoms with E-state index in [0.717, 1.165) is 11.8 Å². The van der Waals surface area contributed by atoms with E-state index in [1.54, 1.807) is 6.07 Å². The van der Waals surface area contributed by atoms with E-state index in [-0.39, 0.29) is 6.79 Å². The number of halogens is 1. The average Bonchev–Trinajstić information content (AvgIpc) is 2.62. The summed E-state index contributed by atoms with van der Waals surface area (Å²) in [5, 5.41) is 0.418. The Morgan fingerprint density at radius 2 is 2.36 bits per heavy atom. The molecule has 0 radical (unpaired) electrons. The van der Waals surface area contributed by atoms with E-state index >= 15 is 0 Å². The Bertz CT molecular complexity index is 387. The Morgan fingerprint density at radius 3 is 3.00 bits per heavy atom. The molecular weight excluding hydrogens is 204 g/mol. The lowest BCUT2D eigenvalue weighted by molar-refractivity contribution is 0.112. The highest BCUT2D eigenvalue weighted by Crippen LogP contribution is 2.40. The standard InChI is InChI=1S/C10H9ClO3/c1-2-6-7(4-12)8(11)3-9-10(6)14-5-13-9/h3-4H,2,5H2,1H3. The number of carbonyl (C=O) groups is 1. The number of rotatable bonds is 2. The quantitative estimate of drug-likeness (QED) is 0.707. The summed E-state index contributed by atoms with van der Waals surface area (Å²) >= 11 is 5.93. The van der Waals surface area contributed by atoms with E-state index in [1.807, 2.05) is 6.92 Å². The first-order valence-electron chi connectivity index (χ1n) is 4.34. The van der Waals surface area contributed by atoms with Crippen LogP contribution in [-0.4, -0.2) is 13.1 Å². The monoisotopic (exact) mass is 212 g/mol. The molecule has 3 nitrogen and oxygen atoms in total. The maximum atomic E-state index is 10.8. The van der Waals surface area contributed by atoms with Crippen LogP contribution in [0.2, 0.25) is 5.02 Å². The van der Waals surface area contributed by atoms with E-state index in [4.69, 9.17) is 21.1 Å². The van der Waals surface area contributed by atoms with Gasteiger partial charge in [0.2, 0.25) is 6.79 Å². The van der Waals surface area contributed by atoms with Crippen LogP contribution < -0.4 is 9.47 Å². The highest BCUT2D eigenvalue weighted by molar-refractivity contribution is 6.33. The van der Waals surface area contributed by atoms with Gasteiger partial charge in [-0.05, 0) is 6.42 Å². The summed E-state index contributed by atoms with van der Waals surface area (Å²) in [6, 6.07) is 1.62. The van der Waals surface area contributed by atoms with Crippen molar-refractivity contribution in [2.75, 3.05) is 6.79 Å². The summed E-state index contributed by atoms with van der Waals surface area (Å²) in [4.78, 5) is 10.8. The molecule has 74 valence electrons. The molecule has 0 spiro atoms. The van der Waals surface area contributed by atoms with E-state index in [2.05, 4.69) is 0 Å². The predicted octanol–water partition coefficient (Wildman–Crippen LogP) is 2.44. The van der Waals surface area contributed by atoms with E-state index in [0.29, 0.717) is 28.5 Å². The molecule has 0 aliphatic carbocycles. The number of ether oxygens (including phenoxy) is 2. The Hall–Kier alpha value is -1.22. The van der Waals surface area contributed by atoms with Gasteiger partial charge in [0.05, 0.1) is 5.02 Å². The molecule has 0 fully saturated rings. The summed E-state index contributed by atoms with van der Waals surface area (Å²) in [5.74, 6) is 1.27. The van der Waals surface area contributed by atoms with Crippen LogP contribution in [0, 0.1) is 0 Å². The van der Waals surface area contributed by atoms with Gasteiger partial charge >= 0.3 is 0 Å². The van der Waals surface area contributed by atoms with Gasteiger partial charge in [-0.3, -0.25) is 4.79 Å². The Kier molecular flexibility index (Phi) is 2.33. The van der Waals surface area contributed by atoms with Gasteiger partial charge in [0.1, 0.15) is 0 Å². The molecule has 0 saturated heterocycles. The summed E-state index contributed by atoms with van der Waals surface area (Å²) < 4.78 is 10.5. The van der Waals surface area contributed by atoms with Gasteiger partial charge in [0, 0.05) is 17.2 Å². The van der Waals surface area contributed by atoms with Crippen molar-refractivity contribution < 1.29 is 14.3 Å². The number of fused-ring (bicyclic) bond motifs is 1. The van der Waals surface area contributed by atoms with Crippen molar-refractivity contribution >= 4 is 17.9 Å². The van der Waals surface area contributed by atoms with Crippen LogP contribution in [-0.2, 0) is 6.42 Å². The highest BCUT2D eigenvalue weighted by Gasteiger charge is 2.22. The van der Waals surface area contributed by atoms with Gasteiger partial charge in [0.25, 0.3) is 0 Å². The zero-order chi connectivity index (χ0) is 10.1. The lowest BCUT2D eigenvalue weighted by Gasteiger charge is -2.07. The average molecular weight is 213 g/mol. The third kappa shape index (κ3) is 1.24. The second-order valence-electron chi connectivity index (χ2n) is 2.96. The minimum Gasteiger partial charge on any atom is -0.454 e. The molecule has 1 aliphatic heterocycles. The van der Waals surface area contributed by atoms with Crippen LogP contribution in [0.5, 0.6) is 11.5 Å². The number of hydrogen-bond donors (Lipinski definition) is 0. The fourth-order valence-corrected chi connectivity index (χ4v) is 1.83. The fourth-order valence-electron chi connectivity index (χ4n) is 1.57. The molecule has 0 N–H and O–H groups in total. The van der Waals surface area contributed by atoms with E-state index < -0.39 is 0 Å². The molecule has 1 aromatic carbocycles. The molecule has 1 aliphatic rings. The van der Waals surface area contributed by atoms with Gasteiger partial charge in [-0.2, -0.15) is 0 Å². The van der Waals surface area contributed by atoms with Crippen LogP contribution >= 0.6 is 11.6 Å². The number of aldehydes is 1. The SMILES string of the molecule is CCc1c(C=O)c(Cl)cc2c1OCO2. The number of carbonyl (C=O) groups excluding carboxylic acids is 1. The summed E-state index contributed by atoms with van der Waals surface area (Å²) in [6.45, 7) is 2.14. The molecule has 0 aromatic heterocycles. The van der Waals surface area contributed by atoms with Gasteiger partial charge in [0.15, 0.2) is 17.8 Å². The number of hydrogen-bond acceptors (Lipinski definition) is 3. The van der Waals surface area contributed by atoms with Gasteiger partial charge in [-0.1, -0.05) is 18.5 Å². The van der Waals surface area contributed by atoms with Crippen LogP contribution in [0.25, 0.3) is 0 Å². The first kappa shape index (κ1) is 9.34. The largest absolute Gasteiger partial charge is 0.454 e. The molecule has 0 atom stereocenters. The first-order chi connectivity index (χ1) is 6.77. The summed E-state index contributed by atoms with van der Waals surface area (Å²) in [7, 11) is 0. The highest BCUT2D eigenvalue weighted by atomic mass is 35.5. The van der Waals surface area contributed by atoms with Crippen molar-refractivity contribution in [1.29, 1.82) is 0 Å². The lowest BCUT2D eigenvalue weighted by atomic mass is 10.0. The molecule has 0 unspecified atom stereocenters. The molecule has 1 aromatic rings. The molecule has 14 heavy (non-hydrogen) atoms. The summed E-state index contributed by atoms with van der Waals surface area (Å²) in [5.41, 5.74) is 1.32. The van der Waals surface area contributed by atoms with Crippen LogP contribution in [0.4, 0.5) is 0 Å². The van der Waals surface area contributed by atoms with Gasteiger partial charge in [-0.15, -0.1) is 0 Å². The molecule has 2 rings (SSSR count). The third-order valence-corrected chi connectivity index (χ3v) is 2.54. The van der Waals surface area contributed by atoms with Crippen molar-refractivity contribution in [3.05, 3.63) is 22.2 Å². The molecule has 0 bridgehead atoms. The maximum Gasteiger partial charge on any atom is 0.231 e. The minimum atomic E-state index is 0.195. The molecule has 1 heterocycles. The molecule has 0 amide bonds. The van der Waals surface area contributed by atoms with Crippen LogP contribution in [0.3, 0.4) is 0 Å². The zero-order valence-corrected chi connectivity index (χ0v) is 8.43. The number of benzene rings is 1. The zero-order valence-electron chi connectivity index (χ0n) is 7.67. The fraction of sp³-hybridized carbons (Fsp3) is 0.300. The molecular formula is C10H9ClO3. The molecule has 4 heteroatoms. The van der Waals surface area contributed by atoms with Crippen LogP contribution in [0.15, 0.2) is 6.07 Å². The third-order valence-electron chi connectivity index (χ3n) is 2.23. The second kappa shape index (κ2) is 3.50. The van der Waals surface area contributed by atoms with Gasteiger partial charge in [-0.25, -0.2) is 0 Å². The molecule has 0 saturated carbocycles. The van der Waals surface area contributed by atoms with E-state index in [1.165, 1.54) is 0 Å². The van der Waals surface area contributed by atoms with Crippen molar-refractivity contribution in [1.82, 2.24) is 0 Å². The second-order valence-corrected chi connectivity index (χ2v) is 3.36. The van der Waals surface area contributed by atoms with Crippen molar-refractivity contribution in [2.24, 2.45) is 0 Å². The predicted molar refractivity (Wildman–Crippen MR) is 52.3 cm³/mol. The first-order valence-corrected chi connectivity index (χ1v) is 4.71. The Balaban J connectivity index is 2.68.